The van der Waals surface area contributed by atoms with Crippen LogP contribution in [0.25, 0.3) is 0 Å². The van der Waals surface area contributed by atoms with Crippen LogP contribution in [0.15, 0.2) is 0 Å². The fourth-order valence-corrected chi connectivity index (χ4v) is 0. The average molecular weight is 412 g/mol. The molecule has 0 aromatic heterocycles. The van der Waals surface area contributed by atoms with Gasteiger partial charge in [-0.05, 0) is 0 Å². The Morgan fingerprint density at radius 2 is 0.571 bits per heavy atom. The Bertz CT molecular complexity index is 118. The summed E-state index contributed by atoms with van der Waals surface area (Å²) >= 11 is 0. The first kappa shape index (κ1) is 29.4. The van der Waals surface area contributed by atoms with Crippen molar-refractivity contribution in [1.82, 2.24) is 0 Å². The molecule has 0 fully saturated rings. The summed E-state index contributed by atoms with van der Waals surface area (Å²) in [5.74, 6) is 0. The quantitative estimate of drug-likeness (QED) is 0.348. The fourth-order valence-electron chi connectivity index (χ4n) is 0. The van der Waals surface area contributed by atoms with Crippen molar-refractivity contribution >= 4 is 27.5 Å². The van der Waals surface area contributed by atoms with E-state index in [1.54, 1.807) is 0 Å². The Balaban J connectivity index is -0.0000000270. The van der Waals surface area contributed by atoms with Gasteiger partial charge in [-0.25, -0.2) is 0 Å². The van der Waals surface area contributed by atoms with Gasteiger partial charge in [0.25, 0.3) is 0 Å². The van der Waals surface area contributed by atoms with Gasteiger partial charge in [0.1, 0.15) is 0 Å². The van der Waals surface area contributed by atoms with Crippen LogP contribution >= 0.6 is 0 Å². The normalized spacial score (nSPS) is 5.14. The molecule has 0 amide bonds. The van der Waals surface area contributed by atoms with E-state index in [0.29, 0.717) is 0 Å². The van der Waals surface area contributed by atoms with Gasteiger partial charge in [0.05, 0.1) is 0 Å². The molecule has 0 radical (unpaired) electrons. The summed E-state index contributed by atoms with van der Waals surface area (Å²) in [6.45, 7) is 0. The third-order valence-electron chi connectivity index (χ3n) is 0. The maximum absolute atomic E-state index is 8.52. The van der Waals surface area contributed by atoms with Crippen LogP contribution in [0.2, 0.25) is 0 Å². The van der Waals surface area contributed by atoms with E-state index in [2.05, 4.69) is 0 Å². The number of hydrogen-bond donors (Lipinski definition) is 0. The molecule has 0 aliphatic rings. The van der Waals surface area contributed by atoms with Crippen LogP contribution in [0.3, 0.4) is 0 Å². The van der Waals surface area contributed by atoms with Crippen molar-refractivity contribution in [3.8, 4) is 0 Å². The molecule has 0 spiro atoms. The molecule has 0 bridgehead atoms. The zero-order valence-electron chi connectivity index (χ0n) is 6.33. The monoisotopic (exact) mass is 412 g/mol. The van der Waals surface area contributed by atoms with Crippen LogP contribution in [0, 0.1) is 35.6 Å². The van der Waals surface area contributed by atoms with E-state index >= 15 is 0 Å². The molecule has 14 heavy (non-hydrogen) atoms. The van der Waals surface area contributed by atoms with Crippen molar-refractivity contribution in [2.24, 2.45) is 0 Å². The summed E-state index contributed by atoms with van der Waals surface area (Å²) in [7, 11) is -10.9. The van der Waals surface area contributed by atoms with Gasteiger partial charge in [0.2, 0.25) is 0 Å². The van der Waals surface area contributed by atoms with Gasteiger partial charge in [-0.2, -0.15) is 0 Å². The van der Waals surface area contributed by atoms with Gasteiger partial charge in [-0.15, -0.1) is 0 Å². The minimum atomic E-state index is -3.63. The molecule has 0 atom stereocenters. The van der Waals surface area contributed by atoms with E-state index in [4.69, 9.17) is 42.2 Å². The van der Waals surface area contributed by atoms with Crippen molar-refractivity contribution < 1.29 is 104 Å². The first-order chi connectivity index (χ1) is 5.20. The van der Waals surface area contributed by atoms with Crippen LogP contribution < -0.4 is 28.8 Å². The van der Waals surface area contributed by atoms with Gasteiger partial charge in [0.15, 0.2) is 0 Å². The zero-order chi connectivity index (χ0) is 10.7. The van der Waals surface area contributed by atoms with E-state index in [9.17, 15) is 0 Å². The standard InChI is InChI=1S/La.3O3Si.Sc/c;3*1-4(2)3;/q+3;3*-2;+3. The van der Waals surface area contributed by atoms with Crippen molar-refractivity contribution in [2.75, 3.05) is 0 Å². The fraction of sp³-hybridized carbons (Fsp3) is 0. The van der Waals surface area contributed by atoms with Crippen LogP contribution in [0.4, 0.5) is 0 Å². The van der Waals surface area contributed by atoms with E-state index in [1.807, 2.05) is 0 Å². The molecule has 0 saturated carbocycles. The number of rotatable bonds is 0. The summed E-state index contributed by atoms with van der Waals surface area (Å²) < 4.78 is 25.6. The maximum atomic E-state index is 8.52. The smallest absolute Gasteiger partial charge is 0.672 e. The Hall–Kier alpha value is 0.916. The summed E-state index contributed by atoms with van der Waals surface area (Å²) in [5.41, 5.74) is 0. The molecule has 0 rings (SSSR count). The maximum Gasteiger partial charge on any atom is 3.00 e. The van der Waals surface area contributed by atoms with Crippen LogP contribution in [-0.2, 0) is 39.2 Å². The largest absolute Gasteiger partial charge is 3.00 e. The van der Waals surface area contributed by atoms with Crippen molar-refractivity contribution in [3.05, 3.63) is 0 Å². The summed E-state index contributed by atoms with van der Waals surface area (Å²) in [5, 5.41) is 0. The topological polar surface area (TPSA) is 190 Å². The second-order valence-electron chi connectivity index (χ2n) is 0.750. The molecular weight excluding hydrogens is 412 g/mol. The van der Waals surface area contributed by atoms with Crippen LogP contribution in [0.1, 0.15) is 0 Å². The Kier molecular flexibility index (Phi) is 49.5. The molecule has 0 aliphatic heterocycles. The van der Waals surface area contributed by atoms with Crippen molar-refractivity contribution in [1.29, 1.82) is 0 Å². The van der Waals surface area contributed by atoms with E-state index in [-0.39, 0.29) is 61.4 Å². The summed E-state index contributed by atoms with van der Waals surface area (Å²) in [6.07, 6.45) is 0. The summed E-state index contributed by atoms with van der Waals surface area (Å²) in [6, 6.07) is 0. The predicted molar refractivity (Wildman–Crippen MR) is 19.3 cm³/mol. The third-order valence-corrected chi connectivity index (χ3v) is 0. The van der Waals surface area contributed by atoms with E-state index in [0.717, 1.165) is 0 Å². The predicted octanol–water partition coefficient (Wildman–Crippen LogP) is -8.64. The second kappa shape index (κ2) is 23.6. The molecule has 0 aromatic carbocycles. The van der Waals surface area contributed by atoms with Gasteiger partial charge in [0, 0.05) is 27.5 Å². The molecule has 14 heteroatoms. The van der Waals surface area contributed by atoms with Gasteiger partial charge in [-0.1, -0.05) is 0 Å². The van der Waals surface area contributed by atoms with Crippen molar-refractivity contribution in [3.63, 3.8) is 0 Å². The SMILES string of the molecule is O=[Si]([O-])[O-].O=[Si]([O-])[O-].O=[Si]([O-])[O-].[La+3].[Sc+3]. The molecule has 0 N–H and O–H groups in total. The molecule has 9 nitrogen and oxygen atoms in total. The molecule has 0 unspecified atom stereocenters. The van der Waals surface area contributed by atoms with Crippen LogP contribution in [0.5, 0.6) is 0 Å². The van der Waals surface area contributed by atoms with Gasteiger partial charge >= 0.3 is 61.4 Å². The van der Waals surface area contributed by atoms with Gasteiger partial charge < -0.3 is 42.2 Å². The van der Waals surface area contributed by atoms with Gasteiger partial charge in [-0.3, -0.25) is 0 Å². The molecule has 72 valence electrons. The number of hydrogen-bond acceptors (Lipinski definition) is 9. The molecule has 0 aromatic rings. The Labute approximate surface area is 130 Å². The molecule has 0 heterocycles. The first-order valence-corrected chi connectivity index (χ1v) is 5.51. The van der Waals surface area contributed by atoms with Crippen molar-refractivity contribution in [2.45, 2.75) is 0 Å². The van der Waals surface area contributed by atoms with E-state index < -0.39 is 27.5 Å². The Morgan fingerprint density at radius 3 is 0.571 bits per heavy atom. The second-order valence-corrected chi connectivity index (χ2v) is 2.25. The molecule has 0 aliphatic carbocycles. The first-order valence-electron chi connectivity index (χ1n) is 1.84. The zero-order valence-corrected chi connectivity index (χ0v) is 14.8. The molecular formula is LaO9ScSi3. The Morgan fingerprint density at radius 1 is 0.571 bits per heavy atom. The van der Waals surface area contributed by atoms with E-state index in [1.165, 1.54) is 0 Å². The minimum Gasteiger partial charge on any atom is -0.672 e. The average Bonchev–Trinajstić information content (AvgIpc) is 1.54. The minimum absolute atomic E-state index is 0. The molecule has 0 saturated heterocycles. The summed E-state index contributed by atoms with van der Waals surface area (Å²) in [4.78, 5) is 51.1. The third kappa shape index (κ3) is 2190. The van der Waals surface area contributed by atoms with Crippen LogP contribution in [-0.4, -0.2) is 27.5 Å².